The Labute approximate surface area is 196 Å². The molecule has 0 fully saturated rings. The Morgan fingerprint density at radius 1 is 0.970 bits per heavy atom. The van der Waals surface area contributed by atoms with Gasteiger partial charge < -0.3 is 14.8 Å². The monoisotopic (exact) mass is 444 g/mol. The summed E-state index contributed by atoms with van der Waals surface area (Å²) in [5, 5.41) is 3.11. The predicted octanol–water partition coefficient (Wildman–Crippen LogP) is 5.45. The molecule has 0 bridgehead atoms. The zero-order valence-corrected chi connectivity index (χ0v) is 19.6. The summed E-state index contributed by atoms with van der Waals surface area (Å²) in [4.78, 5) is 16.6. The Hall–Kier alpha value is -3.60. The molecule has 172 valence electrons. The standard InChI is InChI=1S/C28H32N2O3/c1-21(9-10-22-6-5-19-29-20-22)30-28(31)8-4-7-27(23-11-15-25(32-2)16-12-23)24-13-17-26(33-3)18-14-24/h5-7,11-21H,4,8-10H2,1-3H3,(H,30,31). The first-order valence-electron chi connectivity index (χ1n) is 11.3. The van der Waals surface area contributed by atoms with E-state index >= 15 is 0 Å². The lowest BCUT2D eigenvalue weighted by Gasteiger charge is -2.14. The van der Waals surface area contributed by atoms with Crippen LogP contribution < -0.4 is 14.8 Å². The first-order valence-corrected chi connectivity index (χ1v) is 11.3. The van der Waals surface area contributed by atoms with Gasteiger partial charge in [-0.05, 0) is 78.8 Å². The third-order valence-corrected chi connectivity index (χ3v) is 5.52. The number of benzene rings is 2. The van der Waals surface area contributed by atoms with E-state index < -0.39 is 0 Å². The van der Waals surface area contributed by atoms with Crippen molar-refractivity contribution in [3.05, 3.63) is 95.8 Å². The lowest BCUT2D eigenvalue weighted by molar-refractivity contribution is -0.121. The molecular weight excluding hydrogens is 412 g/mol. The van der Waals surface area contributed by atoms with Crippen LogP contribution in [0.15, 0.2) is 79.1 Å². The third kappa shape index (κ3) is 7.49. The van der Waals surface area contributed by atoms with Crippen LogP contribution in [0.3, 0.4) is 0 Å². The number of pyridine rings is 1. The molecule has 0 spiro atoms. The number of rotatable bonds is 11. The molecule has 5 nitrogen and oxygen atoms in total. The molecule has 0 aliphatic rings. The predicted molar refractivity (Wildman–Crippen MR) is 132 cm³/mol. The zero-order valence-electron chi connectivity index (χ0n) is 19.6. The van der Waals surface area contributed by atoms with Gasteiger partial charge in [-0.3, -0.25) is 9.78 Å². The van der Waals surface area contributed by atoms with Crippen LogP contribution in [0.4, 0.5) is 0 Å². The van der Waals surface area contributed by atoms with Crippen molar-refractivity contribution >= 4 is 11.5 Å². The van der Waals surface area contributed by atoms with Crippen molar-refractivity contribution in [1.29, 1.82) is 0 Å². The van der Waals surface area contributed by atoms with Gasteiger partial charge in [0.2, 0.25) is 5.91 Å². The molecule has 1 unspecified atom stereocenters. The number of aryl methyl sites for hydroxylation is 1. The molecule has 1 amide bonds. The molecule has 1 N–H and O–H groups in total. The van der Waals surface area contributed by atoms with Crippen LogP contribution in [-0.4, -0.2) is 31.2 Å². The second-order valence-electron chi connectivity index (χ2n) is 7.98. The van der Waals surface area contributed by atoms with Crippen LogP contribution in [0.2, 0.25) is 0 Å². The first kappa shape index (κ1) is 24.1. The van der Waals surface area contributed by atoms with Gasteiger partial charge in [0.25, 0.3) is 0 Å². The highest BCUT2D eigenvalue weighted by Crippen LogP contribution is 2.27. The number of allylic oxidation sites excluding steroid dienone is 1. The van der Waals surface area contributed by atoms with Crippen LogP contribution in [0.5, 0.6) is 11.5 Å². The third-order valence-electron chi connectivity index (χ3n) is 5.52. The number of hydrogen-bond acceptors (Lipinski definition) is 4. The van der Waals surface area contributed by atoms with Crippen molar-refractivity contribution in [2.75, 3.05) is 14.2 Å². The minimum absolute atomic E-state index is 0.0637. The molecular formula is C28H32N2O3. The molecule has 1 atom stereocenters. The van der Waals surface area contributed by atoms with Crippen LogP contribution in [0.25, 0.3) is 5.57 Å². The van der Waals surface area contributed by atoms with Crippen LogP contribution in [0, 0.1) is 0 Å². The lowest BCUT2D eigenvalue weighted by Crippen LogP contribution is -2.32. The number of carbonyl (C=O) groups is 1. The van der Waals surface area contributed by atoms with E-state index in [1.54, 1.807) is 20.4 Å². The van der Waals surface area contributed by atoms with E-state index in [4.69, 9.17) is 9.47 Å². The normalized spacial score (nSPS) is 11.4. The van der Waals surface area contributed by atoms with Gasteiger partial charge >= 0.3 is 0 Å². The Bertz CT molecular complexity index is 980. The van der Waals surface area contributed by atoms with Crippen LogP contribution >= 0.6 is 0 Å². The van der Waals surface area contributed by atoms with E-state index in [1.807, 2.05) is 67.7 Å². The molecule has 33 heavy (non-hydrogen) atoms. The van der Waals surface area contributed by atoms with Crippen molar-refractivity contribution in [2.24, 2.45) is 0 Å². The number of amides is 1. The zero-order chi connectivity index (χ0) is 23.5. The fourth-order valence-electron chi connectivity index (χ4n) is 3.64. The van der Waals surface area contributed by atoms with Gasteiger partial charge in [-0.25, -0.2) is 0 Å². The topological polar surface area (TPSA) is 60.5 Å². The van der Waals surface area contributed by atoms with Gasteiger partial charge in [-0.1, -0.05) is 36.4 Å². The first-order chi connectivity index (χ1) is 16.1. The smallest absolute Gasteiger partial charge is 0.220 e. The Kier molecular flexibility index (Phi) is 9.07. The fourth-order valence-corrected chi connectivity index (χ4v) is 3.64. The molecule has 0 saturated heterocycles. The maximum absolute atomic E-state index is 12.5. The molecule has 3 rings (SSSR count). The molecule has 1 aromatic heterocycles. The van der Waals surface area contributed by atoms with Crippen LogP contribution in [-0.2, 0) is 11.2 Å². The van der Waals surface area contributed by atoms with Crippen molar-refractivity contribution in [3.63, 3.8) is 0 Å². The van der Waals surface area contributed by atoms with E-state index in [0.29, 0.717) is 12.8 Å². The van der Waals surface area contributed by atoms with Crippen molar-refractivity contribution in [3.8, 4) is 11.5 Å². The molecule has 0 aliphatic heterocycles. The van der Waals surface area contributed by atoms with Crippen molar-refractivity contribution < 1.29 is 14.3 Å². The molecule has 2 aromatic carbocycles. The van der Waals surface area contributed by atoms with Gasteiger partial charge in [-0.2, -0.15) is 0 Å². The largest absolute Gasteiger partial charge is 0.497 e. The van der Waals surface area contributed by atoms with Gasteiger partial charge in [0.15, 0.2) is 0 Å². The summed E-state index contributed by atoms with van der Waals surface area (Å²) >= 11 is 0. The van der Waals surface area contributed by atoms with E-state index in [-0.39, 0.29) is 11.9 Å². The SMILES string of the molecule is COc1ccc(C(=CCCC(=O)NC(C)CCc2cccnc2)c2ccc(OC)cc2)cc1. The van der Waals surface area contributed by atoms with E-state index in [2.05, 4.69) is 22.4 Å². The number of carbonyl (C=O) groups excluding carboxylic acids is 1. The summed E-state index contributed by atoms with van der Waals surface area (Å²) in [7, 11) is 3.32. The second kappa shape index (κ2) is 12.4. The minimum Gasteiger partial charge on any atom is -0.497 e. The average molecular weight is 445 g/mol. The molecule has 0 saturated carbocycles. The van der Waals surface area contributed by atoms with Crippen LogP contribution in [0.1, 0.15) is 42.9 Å². The average Bonchev–Trinajstić information content (AvgIpc) is 2.86. The summed E-state index contributed by atoms with van der Waals surface area (Å²) in [5.41, 5.74) is 4.42. The second-order valence-corrected chi connectivity index (χ2v) is 7.98. The number of nitrogens with zero attached hydrogens (tertiary/aromatic N) is 1. The summed E-state index contributed by atoms with van der Waals surface area (Å²) < 4.78 is 10.6. The molecule has 5 heteroatoms. The van der Waals surface area contributed by atoms with Gasteiger partial charge in [-0.15, -0.1) is 0 Å². The number of nitrogens with one attached hydrogen (secondary N) is 1. The minimum atomic E-state index is 0.0637. The summed E-state index contributed by atoms with van der Waals surface area (Å²) in [6, 6.07) is 20.1. The van der Waals surface area contributed by atoms with E-state index in [0.717, 1.165) is 41.0 Å². The van der Waals surface area contributed by atoms with Gasteiger partial charge in [0, 0.05) is 24.9 Å². The maximum Gasteiger partial charge on any atom is 0.220 e. The number of aromatic nitrogens is 1. The maximum atomic E-state index is 12.5. The Morgan fingerprint density at radius 2 is 1.58 bits per heavy atom. The quantitative estimate of drug-likeness (QED) is 0.427. The number of methoxy groups -OCH3 is 2. The van der Waals surface area contributed by atoms with Crippen molar-refractivity contribution in [1.82, 2.24) is 10.3 Å². The lowest BCUT2D eigenvalue weighted by atomic mass is 9.96. The Morgan fingerprint density at radius 3 is 2.09 bits per heavy atom. The highest BCUT2D eigenvalue weighted by Gasteiger charge is 2.09. The highest BCUT2D eigenvalue weighted by atomic mass is 16.5. The van der Waals surface area contributed by atoms with E-state index in [1.165, 1.54) is 5.56 Å². The summed E-state index contributed by atoms with van der Waals surface area (Å²) in [5.74, 6) is 1.69. The molecule has 0 radical (unpaired) electrons. The van der Waals surface area contributed by atoms with Gasteiger partial charge in [0.1, 0.15) is 11.5 Å². The summed E-state index contributed by atoms with van der Waals surface area (Å²) in [6.45, 7) is 2.05. The number of hydrogen-bond donors (Lipinski definition) is 1. The molecule has 0 aliphatic carbocycles. The highest BCUT2D eigenvalue weighted by molar-refractivity contribution is 5.81. The van der Waals surface area contributed by atoms with Gasteiger partial charge in [0.05, 0.1) is 14.2 Å². The molecule has 1 heterocycles. The fraction of sp³-hybridized carbons (Fsp3) is 0.286. The Balaban J connectivity index is 1.62. The summed E-state index contributed by atoms with van der Waals surface area (Å²) in [6.07, 6.45) is 8.64. The van der Waals surface area contributed by atoms with Crippen molar-refractivity contribution in [2.45, 2.75) is 38.6 Å². The molecule has 3 aromatic rings. The number of ether oxygens (including phenoxy) is 2. The van der Waals surface area contributed by atoms with E-state index in [9.17, 15) is 4.79 Å².